The fourth-order valence-electron chi connectivity index (χ4n) is 4.78. The van der Waals surface area contributed by atoms with E-state index in [1.54, 1.807) is 7.11 Å². The summed E-state index contributed by atoms with van der Waals surface area (Å²) in [5.74, 6) is 2.15. The van der Waals surface area contributed by atoms with Gasteiger partial charge in [-0.3, -0.25) is 0 Å². The number of ether oxygens (including phenoxy) is 1. The fraction of sp³-hybridized carbons (Fsp3) is 0.560. The predicted octanol–water partition coefficient (Wildman–Crippen LogP) is 5.05. The van der Waals surface area contributed by atoms with Crippen LogP contribution in [-0.2, 0) is 11.2 Å². The molecule has 1 aliphatic heterocycles. The van der Waals surface area contributed by atoms with Gasteiger partial charge in [-0.1, -0.05) is 12.1 Å². The van der Waals surface area contributed by atoms with Crippen LogP contribution < -0.4 is 10.2 Å². The molecule has 1 aromatic carbocycles. The third kappa shape index (κ3) is 5.17. The molecule has 1 saturated heterocycles. The van der Waals surface area contributed by atoms with Crippen molar-refractivity contribution in [2.24, 2.45) is 0 Å². The van der Waals surface area contributed by atoms with Gasteiger partial charge in [0.05, 0.1) is 11.1 Å². The van der Waals surface area contributed by atoms with Crippen LogP contribution in [0.25, 0.3) is 22.4 Å². The van der Waals surface area contributed by atoms with Crippen LogP contribution in [0.1, 0.15) is 50.1 Å². The summed E-state index contributed by atoms with van der Waals surface area (Å²) in [7, 11) is 1.76. The second-order valence-corrected chi connectivity index (χ2v) is 10.1. The lowest BCUT2D eigenvalue weighted by Crippen LogP contribution is -2.48. The molecule has 3 aromatic rings. The van der Waals surface area contributed by atoms with Gasteiger partial charge in [-0.25, -0.2) is 4.98 Å². The number of hydrogen-bond acceptors (Lipinski definition) is 7. The maximum Gasteiger partial charge on any atom is 0.261 e. The van der Waals surface area contributed by atoms with Gasteiger partial charge in [0.1, 0.15) is 5.82 Å². The minimum absolute atomic E-state index is 0.346. The molecule has 0 aliphatic carbocycles. The molecule has 1 N–H and O–H groups in total. The van der Waals surface area contributed by atoms with Gasteiger partial charge in [-0.15, -0.1) is 0 Å². The average molecular weight is 563 g/mol. The van der Waals surface area contributed by atoms with Crippen molar-refractivity contribution in [1.29, 1.82) is 0 Å². The number of rotatable bonds is 8. The van der Waals surface area contributed by atoms with Crippen LogP contribution in [-0.4, -0.2) is 54.0 Å². The van der Waals surface area contributed by atoms with E-state index in [9.17, 15) is 0 Å². The molecule has 0 bridgehead atoms. The number of halogens is 1. The summed E-state index contributed by atoms with van der Waals surface area (Å²) in [6, 6.07) is 5.36. The number of piperidine rings is 1. The van der Waals surface area contributed by atoms with E-state index in [4.69, 9.17) is 14.2 Å². The van der Waals surface area contributed by atoms with E-state index in [0.717, 1.165) is 73.2 Å². The van der Waals surface area contributed by atoms with Crippen molar-refractivity contribution in [3.8, 4) is 11.5 Å². The minimum Gasteiger partial charge on any atom is -0.385 e. The number of anilines is 1. The first kappa shape index (κ1) is 24.3. The first-order valence-electron chi connectivity index (χ1n) is 11.8. The Hall–Kier alpha value is -1.78. The molecule has 0 spiro atoms. The van der Waals surface area contributed by atoms with Gasteiger partial charge in [-0.05, 0) is 98.8 Å². The second kappa shape index (κ2) is 10.7. The predicted molar refractivity (Wildman–Crippen MR) is 141 cm³/mol. The van der Waals surface area contributed by atoms with Crippen molar-refractivity contribution >= 4 is 39.3 Å². The van der Waals surface area contributed by atoms with E-state index in [2.05, 4.69) is 75.9 Å². The van der Waals surface area contributed by atoms with Gasteiger partial charge >= 0.3 is 0 Å². The molecule has 0 unspecified atom stereocenters. The Bertz CT molecular complexity index is 1120. The molecule has 4 rings (SSSR count). The summed E-state index contributed by atoms with van der Waals surface area (Å²) in [6.07, 6.45) is 4.17. The molecule has 1 aliphatic rings. The molecule has 0 saturated carbocycles. The number of nitrogens with zero attached hydrogens (tertiary/aromatic N) is 4. The molecule has 0 amide bonds. The number of hydrogen-bond donors (Lipinski definition) is 1. The molecule has 2 atom stereocenters. The Balaban J connectivity index is 1.73. The summed E-state index contributed by atoms with van der Waals surface area (Å²) >= 11 is 2.42. The molecular formula is C25H34IN5O2. The van der Waals surface area contributed by atoms with Crippen LogP contribution in [0.2, 0.25) is 0 Å². The Morgan fingerprint density at radius 3 is 2.76 bits per heavy atom. The summed E-state index contributed by atoms with van der Waals surface area (Å²) in [4.78, 5) is 12.3. The van der Waals surface area contributed by atoms with Crippen LogP contribution in [0.5, 0.6) is 0 Å². The van der Waals surface area contributed by atoms with Crippen molar-refractivity contribution in [2.45, 2.75) is 65.5 Å². The zero-order valence-corrected chi connectivity index (χ0v) is 22.4. The Kier molecular flexibility index (Phi) is 7.86. The number of fused-ring (bicyclic) bond motifs is 1. The van der Waals surface area contributed by atoms with E-state index in [0.29, 0.717) is 23.8 Å². The fourth-order valence-corrected chi connectivity index (χ4v) is 5.59. The van der Waals surface area contributed by atoms with Gasteiger partial charge in [-0.2, -0.15) is 4.98 Å². The molecule has 2 aromatic heterocycles. The van der Waals surface area contributed by atoms with Crippen molar-refractivity contribution < 1.29 is 9.26 Å². The van der Waals surface area contributed by atoms with Gasteiger partial charge in [0.15, 0.2) is 5.82 Å². The number of methoxy groups -OCH3 is 1. The summed E-state index contributed by atoms with van der Waals surface area (Å²) in [6.45, 7) is 11.2. The number of pyridine rings is 1. The van der Waals surface area contributed by atoms with Crippen LogP contribution >= 0.6 is 22.6 Å². The Morgan fingerprint density at radius 1 is 1.27 bits per heavy atom. The van der Waals surface area contributed by atoms with Crippen LogP contribution in [0.4, 0.5) is 5.82 Å². The molecule has 7 nitrogen and oxygen atoms in total. The first-order valence-corrected chi connectivity index (χ1v) is 12.9. The SMILES string of the molecule is CCc1cc(I)c2nc(N3CC[C@@H](NCCCOC)C[C@H]3C)c(-c3nc(C)no3)c(C)c2c1. The highest BCUT2D eigenvalue weighted by Gasteiger charge is 2.31. The third-order valence-corrected chi connectivity index (χ3v) is 7.42. The standard InChI is InChI=1S/C25H34IN5O2/c1-6-18-13-20-16(3)22(25-28-17(4)30-33-25)24(29-23(20)21(26)14-18)31-10-8-19(12-15(31)2)27-9-7-11-32-5/h13-15,19,27H,6-12H2,1-5H3/t15-,19-/m1/s1. The summed E-state index contributed by atoms with van der Waals surface area (Å²) < 4.78 is 12.0. The quantitative estimate of drug-likeness (QED) is 0.304. The van der Waals surface area contributed by atoms with Gasteiger partial charge in [0, 0.05) is 41.3 Å². The average Bonchev–Trinajstić information content (AvgIpc) is 3.22. The maximum atomic E-state index is 5.68. The summed E-state index contributed by atoms with van der Waals surface area (Å²) in [5.41, 5.74) is 4.47. The lowest BCUT2D eigenvalue weighted by Gasteiger charge is -2.40. The van der Waals surface area contributed by atoms with Crippen LogP contribution in [0.15, 0.2) is 16.7 Å². The lowest BCUT2D eigenvalue weighted by atomic mass is 9.95. The minimum atomic E-state index is 0.346. The van der Waals surface area contributed by atoms with Gasteiger partial charge in [0.2, 0.25) is 0 Å². The molecule has 33 heavy (non-hydrogen) atoms. The zero-order chi connectivity index (χ0) is 23.5. The molecule has 178 valence electrons. The van der Waals surface area contributed by atoms with E-state index >= 15 is 0 Å². The largest absolute Gasteiger partial charge is 0.385 e. The van der Waals surface area contributed by atoms with Crippen molar-refractivity contribution in [3.05, 3.63) is 32.7 Å². The van der Waals surface area contributed by atoms with Crippen molar-refractivity contribution in [2.75, 3.05) is 31.7 Å². The smallest absolute Gasteiger partial charge is 0.261 e. The summed E-state index contributed by atoms with van der Waals surface area (Å²) in [5, 5.41) is 8.94. The number of aryl methyl sites for hydroxylation is 3. The van der Waals surface area contributed by atoms with Gasteiger partial charge in [0.25, 0.3) is 5.89 Å². The van der Waals surface area contributed by atoms with E-state index in [1.807, 2.05) is 6.92 Å². The highest BCUT2D eigenvalue weighted by Crippen LogP contribution is 2.39. The van der Waals surface area contributed by atoms with E-state index in [1.165, 1.54) is 9.13 Å². The van der Waals surface area contributed by atoms with E-state index in [-0.39, 0.29) is 0 Å². The number of aromatic nitrogens is 3. The molecule has 3 heterocycles. The lowest BCUT2D eigenvalue weighted by molar-refractivity contribution is 0.192. The van der Waals surface area contributed by atoms with Crippen molar-refractivity contribution in [3.63, 3.8) is 0 Å². The van der Waals surface area contributed by atoms with Crippen LogP contribution in [0, 0.1) is 17.4 Å². The highest BCUT2D eigenvalue weighted by molar-refractivity contribution is 14.1. The first-order chi connectivity index (χ1) is 15.9. The number of benzene rings is 1. The van der Waals surface area contributed by atoms with Crippen LogP contribution in [0.3, 0.4) is 0 Å². The Labute approximate surface area is 209 Å². The second-order valence-electron chi connectivity index (χ2n) is 8.97. The maximum absolute atomic E-state index is 5.68. The normalized spacial score (nSPS) is 18.9. The monoisotopic (exact) mass is 563 g/mol. The number of nitrogens with one attached hydrogen (secondary N) is 1. The highest BCUT2D eigenvalue weighted by atomic mass is 127. The zero-order valence-electron chi connectivity index (χ0n) is 20.2. The third-order valence-electron chi connectivity index (χ3n) is 6.60. The van der Waals surface area contributed by atoms with Crippen molar-refractivity contribution in [1.82, 2.24) is 20.4 Å². The van der Waals surface area contributed by atoms with E-state index < -0.39 is 0 Å². The molecular weight excluding hydrogens is 529 g/mol. The Morgan fingerprint density at radius 2 is 2.09 bits per heavy atom. The van der Waals surface area contributed by atoms with Gasteiger partial charge < -0.3 is 19.5 Å². The molecule has 0 radical (unpaired) electrons. The molecule has 8 heteroatoms. The molecule has 1 fully saturated rings. The topological polar surface area (TPSA) is 76.3 Å².